The van der Waals surface area contributed by atoms with Crippen LogP contribution in [0, 0.1) is 0 Å². The summed E-state index contributed by atoms with van der Waals surface area (Å²) in [5, 5.41) is 22.5. The third-order valence-corrected chi connectivity index (χ3v) is 5.73. The van der Waals surface area contributed by atoms with Gasteiger partial charge in [0.2, 0.25) is 0 Å². The number of carbonyl (C=O) groups is 2. The van der Waals surface area contributed by atoms with Crippen molar-refractivity contribution < 1.29 is 19.8 Å². The number of benzene rings is 3. The van der Waals surface area contributed by atoms with Crippen molar-refractivity contribution in [3.8, 4) is 0 Å². The Morgan fingerprint density at radius 1 is 0.633 bits per heavy atom. The molecule has 0 amide bonds. The quantitative estimate of drug-likeness (QED) is 0.534. The number of fused-ring (bicyclic) bond motifs is 2. The van der Waals surface area contributed by atoms with E-state index in [1.54, 1.807) is 0 Å². The van der Waals surface area contributed by atoms with E-state index in [-0.39, 0.29) is 23.7 Å². The minimum absolute atomic E-state index is 0.104. The van der Waals surface area contributed by atoms with Crippen LogP contribution in [0.1, 0.15) is 63.8 Å². The van der Waals surface area contributed by atoms with E-state index in [4.69, 9.17) is 0 Å². The molecule has 0 aliphatic carbocycles. The van der Waals surface area contributed by atoms with Crippen molar-refractivity contribution >= 4 is 33.5 Å². The first-order valence-electron chi connectivity index (χ1n) is 10.2. The van der Waals surface area contributed by atoms with E-state index in [1.807, 2.05) is 36.4 Å². The van der Waals surface area contributed by atoms with Gasteiger partial charge in [0.25, 0.3) is 0 Å². The molecular formula is C26H30O4. The normalized spacial score (nSPS) is 12.5. The van der Waals surface area contributed by atoms with Gasteiger partial charge in [-0.25, -0.2) is 0 Å². The first-order valence-corrected chi connectivity index (χ1v) is 10.2. The SMILES string of the molecule is CC(C)(C)c1ccc2c(CC(=O)O)c3cc(C(C)(C)C)ccc3c(CC(=O)O)c2c1. The van der Waals surface area contributed by atoms with E-state index in [1.165, 1.54) is 0 Å². The van der Waals surface area contributed by atoms with E-state index in [0.717, 1.165) is 43.8 Å². The molecule has 0 saturated carbocycles. The predicted molar refractivity (Wildman–Crippen MR) is 122 cm³/mol. The molecule has 30 heavy (non-hydrogen) atoms. The first-order chi connectivity index (χ1) is 13.8. The Morgan fingerprint density at radius 3 is 1.23 bits per heavy atom. The molecule has 0 unspecified atom stereocenters. The molecule has 3 aromatic carbocycles. The highest BCUT2D eigenvalue weighted by Crippen LogP contribution is 2.38. The average molecular weight is 407 g/mol. The molecule has 0 aromatic heterocycles. The summed E-state index contributed by atoms with van der Waals surface area (Å²) in [6.07, 6.45) is -0.217. The molecule has 0 bridgehead atoms. The van der Waals surface area contributed by atoms with E-state index >= 15 is 0 Å². The van der Waals surface area contributed by atoms with Gasteiger partial charge in [0.05, 0.1) is 12.8 Å². The van der Waals surface area contributed by atoms with E-state index in [0.29, 0.717) is 0 Å². The molecular weight excluding hydrogens is 376 g/mol. The summed E-state index contributed by atoms with van der Waals surface area (Å²) in [4.78, 5) is 23.5. The summed E-state index contributed by atoms with van der Waals surface area (Å²) >= 11 is 0. The number of carboxylic acids is 2. The molecule has 0 heterocycles. The van der Waals surface area contributed by atoms with Crippen molar-refractivity contribution in [2.24, 2.45) is 0 Å². The van der Waals surface area contributed by atoms with Crippen molar-refractivity contribution in [2.45, 2.75) is 65.2 Å². The molecule has 3 rings (SSSR count). The van der Waals surface area contributed by atoms with Crippen molar-refractivity contribution in [1.29, 1.82) is 0 Å². The molecule has 0 aliphatic heterocycles. The van der Waals surface area contributed by atoms with Gasteiger partial charge in [-0.2, -0.15) is 0 Å². The second-order valence-electron chi connectivity index (χ2n) is 10.1. The van der Waals surface area contributed by atoms with Crippen LogP contribution in [0.3, 0.4) is 0 Å². The summed E-state index contributed by atoms with van der Waals surface area (Å²) < 4.78 is 0. The molecule has 3 aromatic rings. The highest BCUT2D eigenvalue weighted by atomic mass is 16.4. The molecule has 0 saturated heterocycles. The maximum absolute atomic E-state index is 11.7. The summed E-state index contributed by atoms with van der Waals surface area (Å²) in [5.74, 6) is -1.80. The monoisotopic (exact) mass is 406 g/mol. The molecule has 158 valence electrons. The third-order valence-electron chi connectivity index (χ3n) is 5.73. The van der Waals surface area contributed by atoms with Gasteiger partial charge in [-0.15, -0.1) is 0 Å². The van der Waals surface area contributed by atoms with E-state index in [2.05, 4.69) is 41.5 Å². The van der Waals surface area contributed by atoms with E-state index < -0.39 is 11.9 Å². The number of hydrogen-bond acceptors (Lipinski definition) is 2. The first kappa shape index (κ1) is 21.8. The fraction of sp³-hybridized carbons (Fsp3) is 0.385. The lowest BCUT2D eigenvalue weighted by Crippen LogP contribution is -2.13. The van der Waals surface area contributed by atoms with Crippen LogP contribution in [0.5, 0.6) is 0 Å². The molecule has 0 fully saturated rings. The zero-order valence-electron chi connectivity index (χ0n) is 18.6. The van der Waals surface area contributed by atoms with Crippen molar-refractivity contribution in [1.82, 2.24) is 0 Å². The number of aliphatic carboxylic acids is 2. The van der Waals surface area contributed by atoms with Gasteiger partial charge in [-0.05, 0) is 54.6 Å². The van der Waals surface area contributed by atoms with Gasteiger partial charge in [-0.1, -0.05) is 77.9 Å². The number of carboxylic acid groups (broad SMARTS) is 2. The lowest BCUT2D eigenvalue weighted by molar-refractivity contribution is -0.137. The third kappa shape index (κ3) is 4.18. The van der Waals surface area contributed by atoms with Crippen LogP contribution in [0.15, 0.2) is 36.4 Å². The van der Waals surface area contributed by atoms with Gasteiger partial charge in [0, 0.05) is 0 Å². The molecule has 0 spiro atoms. The fourth-order valence-electron chi connectivity index (χ4n) is 4.02. The Labute approximate surface area is 177 Å². The molecule has 0 radical (unpaired) electrons. The largest absolute Gasteiger partial charge is 0.481 e. The maximum atomic E-state index is 11.7. The Balaban J connectivity index is 2.52. The van der Waals surface area contributed by atoms with Gasteiger partial charge in [-0.3, -0.25) is 9.59 Å². The summed E-state index contributed by atoms with van der Waals surface area (Å²) in [5.41, 5.74) is 3.46. The highest BCUT2D eigenvalue weighted by molar-refractivity contribution is 6.09. The maximum Gasteiger partial charge on any atom is 0.307 e. The molecule has 2 N–H and O–H groups in total. The van der Waals surface area contributed by atoms with Gasteiger partial charge in [0.1, 0.15) is 0 Å². The molecule has 4 nitrogen and oxygen atoms in total. The summed E-state index contributed by atoms with van der Waals surface area (Å²) in [7, 11) is 0. The van der Waals surface area contributed by atoms with Crippen molar-refractivity contribution in [3.05, 3.63) is 58.7 Å². The average Bonchev–Trinajstić information content (AvgIpc) is 2.61. The zero-order chi connectivity index (χ0) is 22.4. The molecule has 0 atom stereocenters. The topological polar surface area (TPSA) is 74.6 Å². The zero-order valence-corrected chi connectivity index (χ0v) is 18.6. The molecule has 4 heteroatoms. The van der Waals surface area contributed by atoms with Gasteiger partial charge < -0.3 is 10.2 Å². The lowest BCUT2D eigenvalue weighted by atomic mass is 9.80. The van der Waals surface area contributed by atoms with Crippen LogP contribution in [0.4, 0.5) is 0 Å². The molecule has 0 aliphatic rings. The van der Waals surface area contributed by atoms with E-state index in [9.17, 15) is 19.8 Å². The predicted octanol–water partition coefficient (Wildman–Crippen LogP) is 5.84. The second-order valence-corrected chi connectivity index (χ2v) is 10.1. The summed E-state index contributed by atoms with van der Waals surface area (Å²) in [6, 6.07) is 12.0. The minimum atomic E-state index is -0.898. The van der Waals surface area contributed by atoms with Crippen molar-refractivity contribution in [3.63, 3.8) is 0 Å². The van der Waals surface area contributed by atoms with Crippen molar-refractivity contribution in [2.75, 3.05) is 0 Å². The summed E-state index contributed by atoms with van der Waals surface area (Å²) in [6.45, 7) is 12.7. The van der Waals surface area contributed by atoms with Crippen LogP contribution in [-0.2, 0) is 33.3 Å². The Hall–Kier alpha value is -2.88. The van der Waals surface area contributed by atoms with Crippen LogP contribution in [-0.4, -0.2) is 22.2 Å². The second kappa shape index (κ2) is 7.42. The van der Waals surface area contributed by atoms with Gasteiger partial charge in [0.15, 0.2) is 0 Å². The number of hydrogen-bond donors (Lipinski definition) is 2. The van der Waals surface area contributed by atoms with Crippen LogP contribution < -0.4 is 0 Å². The Bertz CT molecular complexity index is 1060. The van der Waals surface area contributed by atoms with Crippen LogP contribution in [0.2, 0.25) is 0 Å². The smallest absolute Gasteiger partial charge is 0.307 e. The van der Waals surface area contributed by atoms with Gasteiger partial charge >= 0.3 is 11.9 Å². The van der Waals surface area contributed by atoms with Crippen LogP contribution in [0.25, 0.3) is 21.5 Å². The Kier molecular flexibility index (Phi) is 5.40. The van der Waals surface area contributed by atoms with Crippen LogP contribution >= 0.6 is 0 Å². The fourth-order valence-corrected chi connectivity index (χ4v) is 4.02. The standard InChI is InChI=1S/C26H30O4/c1-25(2,3)15-7-9-17-19(11-15)21(13-23(27)28)18-10-8-16(26(4,5)6)12-20(18)22(17)14-24(29)30/h7-12H,13-14H2,1-6H3,(H,27,28)(H,29,30). The highest BCUT2D eigenvalue weighted by Gasteiger charge is 2.22. The number of rotatable bonds is 4. The minimum Gasteiger partial charge on any atom is -0.481 e. The Morgan fingerprint density at radius 2 is 0.967 bits per heavy atom. The lowest BCUT2D eigenvalue weighted by Gasteiger charge is -2.24.